The number of hydrogen-bond acceptors (Lipinski definition) is 4. The van der Waals surface area contributed by atoms with E-state index in [-0.39, 0.29) is 25.7 Å². The molecule has 0 bridgehead atoms. The number of nitrogens with one attached hydrogen (secondary N) is 1. The fourth-order valence-corrected chi connectivity index (χ4v) is 2.02. The van der Waals surface area contributed by atoms with Crippen LogP contribution in [0.1, 0.15) is 13.3 Å². The van der Waals surface area contributed by atoms with Gasteiger partial charge in [0.1, 0.15) is 12.5 Å². The molecule has 1 aliphatic heterocycles. The van der Waals surface area contributed by atoms with Crippen molar-refractivity contribution in [2.24, 2.45) is 5.92 Å². The van der Waals surface area contributed by atoms with Crippen molar-refractivity contribution in [3.05, 3.63) is 0 Å². The van der Waals surface area contributed by atoms with Crippen LogP contribution in [0, 0.1) is 5.92 Å². The van der Waals surface area contributed by atoms with Crippen molar-refractivity contribution in [3.63, 3.8) is 0 Å². The van der Waals surface area contributed by atoms with E-state index in [1.165, 1.54) is 9.80 Å². The SMILES string of the molecule is CCCN(CC(=O)N(C)C)C(=O)NC1COCC1C(=O)O. The number of urea groups is 1. The number of carboxylic acids is 1. The van der Waals surface area contributed by atoms with E-state index in [1.807, 2.05) is 6.92 Å². The summed E-state index contributed by atoms with van der Waals surface area (Å²) in [5, 5.41) is 11.7. The summed E-state index contributed by atoms with van der Waals surface area (Å²) in [5.41, 5.74) is 0. The van der Waals surface area contributed by atoms with Gasteiger partial charge in [-0.15, -0.1) is 0 Å². The predicted octanol–water partition coefficient (Wildman–Crippen LogP) is -0.404. The Labute approximate surface area is 124 Å². The van der Waals surface area contributed by atoms with E-state index in [4.69, 9.17) is 9.84 Å². The monoisotopic (exact) mass is 301 g/mol. The molecule has 21 heavy (non-hydrogen) atoms. The summed E-state index contributed by atoms with van der Waals surface area (Å²) in [5.74, 6) is -1.93. The van der Waals surface area contributed by atoms with E-state index >= 15 is 0 Å². The maximum Gasteiger partial charge on any atom is 0.318 e. The zero-order valence-electron chi connectivity index (χ0n) is 12.7. The lowest BCUT2D eigenvalue weighted by Gasteiger charge is -2.26. The Morgan fingerprint density at radius 3 is 2.48 bits per heavy atom. The summed E-state index contributed by atoms with van der Waals surface area (Å²) in [6.45, 7) is 2.56. The topological polar surface area (TPSA) is 99.2 Å². The van der Waals surface area contributed by atoms with Gasteiger partial charge in [-0.1, -0.05) is 6.92 Å². The average molecular weight is 301 g/mol. The zero-order chi connectivity index (χ0) is 16.0. The molecule has 1 aliphatic rings. The number of carbonyl (C=O) groups excluding carboxylic acids is 2. The third kappa shape index (κ3) is 4.89. The van der Waals surface area contributed by atoms with Crippen LogP contribution >= 0.6 is 0 Å². The summed E-state index contributed by atoms with van der Waals surface area (Å²) in [4.78, 5) is 37.8. The van der Waals surface area contributed by atoms with Crippen LogP contribution in [0.4, 0.5) is 4.79 Å². The van der Waals surface area contributed by atoms with E-state index in [0.29, 0.717) is 13.0 Å². The number of ether oxygens (including phenoxy) is 1. The Balaban J connectivity index is 2.64. The Kier molecular flexibility index (Phi) is 6.41. The Morgan fingerprint density at radius 2 is 1.95 bits per heavy atom. The molecule has 0 saturated carbocycles. The van der Waals surface area contributed by atoms with Crippen molar-refractivity contribution in [3.8, 4) is 0 Å². The van der Waals surface area contributed by atoms with E-state index in [0.717, 1.165) is 0 Å². The van der Waals surface area contributed by atoms with Gasteiger partial charge in [0.05, 0.1) is 19.3 Å². The van der Waals surface area contributed by atoms with Crippen molar-refractivity contribution >= 4 is 17.9 Å². The largest absolute Gasteiger partial charge is 0.481 e. The molecule has 1 fully saturated rings. The molecular formula is C13H23N3O5. The van der Waals surface area contributed by atoms with Crippen LogP contribution in [0.15, 0.2) is 0 Å². The summed E-state index contributed by atoms with van der Waals surface area (Å²) >= 11 is 0. The summed E-state index contributed by atoms with van der Waals surface area (Å²) in [7, 11) is 3.24. The van der Waals surface area contributed by atoms with Crippen molar-refractivity contribution in [2.45, 2.75) is 19.4 Å². The average Bonchev–Trinajstić information content (AvgIpc) is 2.86. The first-order valence-corrected chi connectivity index (χ1v) is 6.93. The summed E-state index contributed by atoms with van der Waals surface area (Å²) in [6.07, 6.45) is 0.706. The molecule has 120 valence electrons. The molecule has 1 saturated heterocycles. The molecule has 0 aliphatic carbocycles. The second-order valence-electron chi connectivity index (χ2n) is 5.25. The minimum Gasteiger partial charge on any atom is -0.481 e. The van der Waals surface area contributed by atoms with Crippen LogP contribution in [0.5, 0.6) is 0 Å². The van der Waals surface area contributed by atoms with Gasteiger partial charge in [0.25, 0.3) is 0 Å². The Morgan fingerprint density at radius 1 is 1.29 bits per heavy atom. The number of carbonyl (C=O) groups is 3. The van der Waals surface area contributed by atoms with E-state index < -0.39 is 24.0 Å². The molecule has 8 nitrogen and oxygen atoms in total. The third-order valence-electron chi connectivity index (χ3n) is 3.31. The lowest BCUT2D eigenvalue weighted by Crippen LogP contribution is -2.51. The van der Waals surface area contributed by atoms with Crippen molar-refractivity contribution in [1.29, 1.82) is 0 Å². The smallest absolute Gasteiger partial charge is 0.318 e. The number of rotatable bonds is 6. The molecule has 0 aromatic rings. The molecule has 2 N–H and O–H groups in total. The highest BCUT2D eigenvalue weighted by Gasteiger charge is 2.36. The zero-order valence-corrected chi connectivity index (χ0v) is 12.7. The second-order valence-corrected chi connectivity index (χ2v) is 5.25. The van der Waals surface area contributed by atoms with E-state index in [2.05, 4.69) is 5.32 Å². The van der Waals surface area contributed by atoms with Gasteiger partial charge in [0, 0.05) is 20.6 Å². The van der Waals surface area contributed by atoms with Crippen molar-refractivity contribution in [1.82, 2.24) is 15.1 Å². The second kappa shape index (κ2) is 7.82. The highest BCUT2D eigenvalue weighted by Crippen LogP contribution is 2.14. The van der Waals surface area contributed by atoms with Crippen LogP contribution in [0.25, 0.3) is 0 Å². The molecule has 1 heterocycles. The number of amides is 3. The lowest BCUT2D eigenvalue weighted by atomic mass is 10.0. The van der Waals surface area contributed by atoms with Crippen LogP contribution in [0.2, 0.25) is 0 Å². The Bertz CT molecular complexity index is 399. The number of nitrogens with zero attached hydrogens (tertiary/aromatic N) is 2. The van der Waals surface area contributed by atoms with Crippen molar-refractivity contribution < 1.29 is 24.2 Å². The molecule has 2 unspecified atom stereocenters. The normalized spacial score (nSPS) is 20.9. The van der Waals surface area contributed by atoms with Gasteiger partial charge in [0.2, 0.25) is 5.91 Å². The first kappa shape index (κ1) is 17.2. The first-order valence-electron chi connectivity index (χ1n) is 6.93. The standard InChI is InChI=1S/C13H23N3O5/c1-4-5-16(6-11(17)15(2)3)13(20)14-10-8-21-7-9(10)12(18)19/h9-10H,4-8H2,1-3H3,(H,14,20)(H,18,19). The van der Waals surface area contributed by atoms with E-state index in [9.17, 15) is 14.4 Å². The molecule has 1 rings (SSSR count). The van der Waals surface area contributed by atoms with Gasteiger partial charge >= 0.3 is 12.0 Å². The molecule has 3 amide bonds. The highest BCUT2D eigenvalue weighted by molar-refractivity contribution is 5.84. The number of aliphatic carboxylic acids is 1. The maximum atomic E-state index is 12.2. The molecular weight excluding hydrogens is 278 g/mol. The van der Waals surface area contributed by atoms with Crippen LogP contribution < -0.4 is 5.32 Å². The maximum absolute atomic E-state index is 12.2. The van der Waals surface area contributed by atoms with Gasteiger partial charge in [-0.25, -0.2) is 4.79 Å². The predicted molar refractivity (Wildman–Crippen MR) is 74.8 cm³/mol. The highest BCUT2D eigenvalue weighted by atomic mass is 16.5. The van der Waals surface area contributed by atoms with Gasteiger partial charge in [-0.3, -0.25) is 9.59 Å². The van der Waals surface area contributed by atoms with Gasteiger partial charge in [-0.05, 0) is 6.42 Å². The van der Waals surface area contributed by atoms with Gasteiger partial charge < -0.3 is 25.0 Å². The molecule has 0 radical (unpaired) electrons. The number of carboxylic acid groups (broad SMARTS) is 1. The fourth-order valence-electron chi connectivity index (χ4n) is 2.02. The molecule has 2 atom stereocenters. The molecule has 0 spiro atoms. The number of likely N-dealkylation sites (N-methyl/N-ethyl adjacent to an activating group) is 1. The van der Waals surface area contributed by atoms with Crippen LogP contribution in [-0.2, 0) is 14.3 Å². The molecule has 8 heteroatoms. The van der Waals surface area contributed by atoms with Crippen LogP contribution in [0.3, 0.4) is 0 Å². The number of hydrogen-bond donors (Lipinski definition) is 2. The third-order valence-corrected chi connectivity index (χ3v) is 3.31. The minimum atomic E-state index is -0.996. The summed E-state index contributed by atoms with van der Waals surface area (Å²) < 4.78 is 5.10. The summed E-state index contributed by atoms with van der Waals surface area (Å²) in [6, 6.07) is -1.00. The Hall–Kier alpha value is -1.83. The first-order chi connectivity index (χ1) is 9.86. The minimum absolute atomic E-state index is 0.0298. The van der Waals surface area contributed by atoms with Gasteiger partial charge in [0.15, 0.2) is 0 Å². The lowest BCUT2D eigenvalue weighted by molar-refractivity contribution is -0.142. The molecule has 0 aromatic heterocycles. The fraction of sp³-hybridized carbons (Fsp3) is 0.769. The van der Waals surface area contributed by atoms with Gasteiger partial charge in [-0.2, -0.15) is 0 Å². The van der Waals surface area contributed by atoms with Crippen molar-refractivity contribution in [2.75, 3.05) is 40.4 Å². The molecule has 0 aromatic carbocycles. The van der Waals surface area contributed by atoms with Crippen LogP contribution in [-0.4, -0.2) is 79.3 Å². The van der Waals surface area contributed by atoms with E-state index in [1.54, 1.807) is 14.1 Å². The quantitative estimate of drug-likeness (QED) is 0.695.